The SMILES string of the molecule is CCc1ccc2[cH-]c(C(C)CC)cc2c1-c1ccccc1C(C)C.CCc1ccc2[cH-]c(C(C)CC)cc2c1-c1ccccc1C(C)C.C[Si]C.[Cl][Zr+2][Cl]. The molecular formula is C50H64Cl2SiZr. The van der Waals surface area contributed by atoms with Crippen molar-refractivity contribution in [2.45, 2.75) is 132 Å². The fourth-order valence-corrected chi connectivity index (χ4v) is 7.42. The van der Waals surface area contributed by atoms with Crippen LogP contribution in [0.1, 0.15) is 139 Å². The zero-order valence-corrected chi connectivity index (χ0v) is 40.1. The number of rotatable bonds is 10. The van der Waals surface area contributed by atoms with Gasteiger partial charge < -0.3 is 0 Å². The van der Waals surface area contributed by atoms with Crippen molar-refractivity contribution in [2.24, 2.45) is 0 Å². The first-order valence-electron chi connectivity index (χ1n) is 20.1. The van der Waals surface area contributed by atoms with Gasteiger partial charge in [-0.05, 0) is 58.8 Å². The average molecular weight is 855 g/mol. The summed E-state index contributed by atoms with van der Waals surface area (Å²) in [6.45, 7) is 27.2. The molecule has 0 fully saturated rings. The van der Waals surface area contributed by atoms with Gasteiger partial charge in [0.25, 0.3) is 0 Å². The van der Waals surface area contributed by atoms with E-state index in [4.69, 9.17) is 17.0 Å². The summed E-state index contributed by atoms with van der Waals surface area (Å²) >= 11 is -0.826. The Labute approximate surface area is 350 Å². The van der Waals surface area contributed by atoms with Gasteiger partial charge in [0.15, 0.2) is 0 Å². The van der Waals surface area contributed by atoms with Crippen LogP contribution in [0.2, 0.25) is 13.1 Å². The first kappa shape index (κ1) is 46.2. The molecule has 0 aromatic heterocycles. The summed E-state index contributed by atoms with van der Waals surface area (Å²) in [6.07, 6.45) is 4.52. The van der Waals surface area contributed by atoms with Gasteiger partial charge in [-0.2, -0.15) is 12.1 Å². The topological polar surface area (TPSA) is 0 Å². The molecule has 6 rings (SSSR count). The van der Waals surface area contributed by atoms with E-state index >= 15 is 0 Å². The Balaban J connectivity index is 0.000000254. The van der Waals surface area contributed by atoms with Gasteiger partial charge in [-0.15, -0.1) is 69.1 Å². The average Bonchev–Trinajstić information content (AvgIpc) is 3.82. The Morgan fingerprint density at radius 3 is 1.19 bits per heavy atom. The van der Waals surface area contributed by atoms with E-state index in [0.717, 1.165) is 22.4 Å². The molecule has 0 aliphatic carbocycles. The summed E-state index contributed by atoms with van der Waals surface area (Å²) in [5, 5.41) is 5.63. The van der Waals surface area contributed by atoms with Gasteiger partial charge >= 0.3 is 37.9 Å². The molecule has 4 heteroatoms. The molecule has 0 saturated heterocycles. The monoisotopic (exact) mass is 852 g/mol. The molecule has 0 nitrogen and oxygen atoms in total. The molecule has 2 unspecified atom stereocenters. The number of benzene rings is 4. The molecule has 0 saturated carbocycles. The third kappa shape index (κ3) is 11.4. The van der Waals surface area contributed by atoms with E-state index in [2.05, 4.69) is 179 Å². The van der Waals surface area contributed by atoms with Gasteiger partial charge in [0, 0.05) is 9.52 Å². The van der Waals surface area contributed by atoms with Gasteiger partial charge in [0.1, 0.15) is 0 Å². The molecular weight excluding hydrogens is 791 g/mol. The van der Waals surface area contributed by atoms with Gasteiger partial charge in [-0.1, -0.05) is 166 Å². The molecule has 286 valence electrons. The normalized spacial score (nSPS) is 12.0. The van der Waals surface area contributed by atoms with Crippen LogP contribution < -0.4 is 0 Å². The third-order valence-corrected chi connectivity index (χ3v) is 10.8. The Kier molecular flexibility index (Phi) is 19.8. The van der Waals surface area contributed by atoms with Crippen LogP contribution >= 0.6 is 17.0 Å². The molecule has 0 bridgehead atoms. The van der Waals surface area contributed by atoms with E-state index in [1.165, 1.54) is 90.0 Å². The van der Waals surface area contributed by atoms with E-state index in [-0.39, 0.29) is 0 Å². The van der Waals surface area contributed by atoms with Crippen LogP contribution in [0.4, 0.5) is 0 Å². The minimum atomic E-state index is -0.826. The van der Waals surface area contributed by atoms with Crippen LogP contribution in [0.25, 0.3) is 43.8 Å². The summed E-state index contributed by atoms with van der Waals surface area (Å²) in [5.41, 5.74) is 14.5. The maximum atomic E-state index is 4.93. The quantitative estimate of drug-likeness (QED) is 0.0951. The summed E-state index contributed by atoms with van der Waals surface area (Å²) in [4.78, 5) is 0. The first-order chi connectivity index (χ1) is 26.0. The van der Waals surface area contributed by atoms with Crippen molar-refractivity contribution in [1.82, 2.24) is 0 Å². The van der Waals surface area contributed by atoms with Crippen LogP contribution in [0.3, 0.4) is 0 Å². The van der Waals surface area contributed by atoms with Crippen molar-refractivity contribution in [2.75, 3.05) is 0 Å². The zero-order chi connectivity index (χ0) is 39.9. The van der Waals surface area contributed by atoms with Crippen LogP contribution in [0.15, 0.2) is 97.1 Å². The molecule has 0 aliphatic heterocycles. The van der Waals surface area contributed by atoms with Crippen molar-refractivity contribution in [3.63, 3.8) is 0 Å². The van der Waals surface area contributed by atoms with Crippen molar-refractivity contribution >= 4 is 48.1 Å². The van der Waals surface area contributed by atoms with Crippen molar-refractivity contribution < 1.29 is 20.8 Å². The third-order valence-electron chi connectivity index (χ3n) is 10.8. The number of halogens is 2. The van der Waals surface area contributed by atoms with E-state index < -0.39 is 20.8 Å². The second kappa shape index (κ2) is 23.1. The number of hydrogen-bond acceptors (Lipinski definition) is 0. The molecule has 2 radical (unpaired) electrons. The van der Waals surface area contributed by atoms with E-state index in [1.54, 1.807) is 0 Å². The van der Waals surface area contributed by atoms with E-state index in [0.29, 0.717) is 23.7 Å². The van der Waals surface area contributed by atoms with Crippen molar-refractivity contribution in [3.05, 3.63) is 130 Å². The molecule has 2 atom stereocenters. The predicted octanol–water partition coefficient (Wildman–Crippen LogP) is 17.0. The first-order valence-corrected chi connectivity index (χ1v) is 28.5. The second-order valence-electron chi connectivity index (χ2n) is 15.2. The Bertz CT molecular complexity index is 1870. The van der Waals surface area contributed by atoms with Crippen LogP contribution in [-0.2, 0) is 33.7 Å². The Hall–Kier alpha value is -2.22. The number of fused-ring (bicyclic) bond motifs is 2. The van der Waals surface area contributed by atoms with Crippen LogP contribution in [0.5, 0.6) is 0 Å². The summed E-state index contributed by atoms with van der Waals surface area (Å²) in [6, 6.07) is 36.8. The standard InChI is InChI=1S/2C24H29.C2H6Si.2ClH.Zr/c2*1-6-17(5)20-14-19-13-12-18(7-2)24(23(19)15-20)22-11-9-8-10-21(22)16(3)4;1-3-2;;;/h2*8-17H,6-7H2,1-5H3;1-2H3;2*1H;/q2*-1;;;;+4/p-2. The molecule has 0 N–H and O–H groups in total. The molecule has 6 aromatic rings. The molecule has 0 amide bonds. The van der Waals surface area contributed by atoms with Crippen LogP contribution in [0, 0.1) is 0 Å². The molecule has 6 aromatic carbocycles. The fraction of sp³-hybridized carbons (Fsp3) is 0.400. The molecule has 54 heavy (non-hydrogen) atoms. The summed E-state index contributed by atoms with van der Waals surface area (Å²) in [5.74, 6) is 2.31. The maximum absolute atomic E-state index is 4.93. The minimum absolute atomic E-state index is 0.533. The Morgan fingerprint density at radius 1 is 0.556 bits per heavy atom. The van der Waals surface area contributed by atoms with Gasteiger partial charge in [0.05, 0.1) is 0 Å². The van der Waals surface area contributed by atoms with Gasteiger partial charge in [-0.25, -0.2) is 0 Å². The fourth-order valence-electron chi connectivity index (χ4n) is 7.42. The Morgan fingerprint density at radius 2 is 0.889 bits per heavy atom. The summed E-state index contributed by atoms with van der Waals surface area (Å²) < 4.78 is 0. The summed E-state index contributed by atoms with van der Waals surface area (Å²) in [7, 11) is 11.0. The van der Waals surface area contributed by atoms with Crippen LogP contribution in [-0.4, -0.2) is 9.52 Å². The molecule has 0 heterocycles. The zero-order valence-electron chi connectivity index (χ0n) is 35.1. The second-order valence-corrected chi connectivity index (χ2v) is 19.9. The van der Waals surface area contributed by atoms with Gasteiger partial charge in [0.2, 0.25) is 0 Å². The molecule has 0 spiro atoms. The van der Waals surface area contributed by atoms with Crippen molar-refractivity contribution in [1.29, 1.82) is 0 Å². The number of aryl methyl sites for hydroxylation is 2. The number of hydrogen-bond donors (Lipinski definition) is 0. The van der Waals surface area contributed by atoms with Gasteiger partial charge in [-0.3, -0.25) is 0 Å². The van der Waals surface area contributed by atoms with E-state index in [9.17, 15) is 0 Å². The van der Waals surface area contributed by atoms with E-state index in [1.807, 2.05) is 0 Å². The molecule has 0 aliphatic rings. The predicted molar refractivity (Wildman–Crippen MR) is 243 cm³/mol. The van der Waals surface area contributed by atoms with Crippen molar-refractivity contribution in [3.8, 4) is 22.3 Å².